The quantitative estimate of drug-likeness (QED) is 0.599. The van der Waals surface area contributed by atoms with E-state index in [-0.39, 0.29) is 5.78 Å². The van der Waals surface area contributed by atoms with Crippen LogP contribution in [0.4, 0.5) is 0 Å². The van der Waals surface area contributed by atoms with Crippen LogP contribution in [0.3, 0.4) is 0 Å². The Bertz CT molecular complexity index is 399. The van der Waals surface area contributed by atoms with Crippen LogP contribution in [0.1, 0.15) is 15.9 Å². The molecule has 1 rings (SSSR count). The molecule has 0 bridgehead atoms. The number of rotatable bonds is 4. The molecule has 0 atom stereocenters. The lowest BCUT2D eigenvalue weighted by Crippen LogP contribution is -2.44. The second-order valence-electron chi connectivity index (χ2n) is 3.49. The molecular weight excluding hydrogens is 186 g/mol. The Morgan fingerprint density at radius 1 is 1.33 bits per heavy atom. The molecule has 78 valence electrons. The summed E-state index contributed by atoms with van der Waals surface area (Å²) in [5.41, 5.74) is 6.20. The van der Waals surface area contributed by atoms with Crippen LogP contribution in [-0.2, 0) is 0 Å². The largest absolute Gasteiger partial charge is 0.312 e. The van der Waals surface area contributed by atoms with Crippen molar-refractivity contribution >= 4 is 5.78 Å². The van der Waals surface area contributed by atoms with Gasteiger partial charge in [0.15, 0.2) is 5.78 Å². The fourth-order valence-corrected chi connectivity index (χ4v) is 1.33. The van der Waals surface area contributed by atoms with Gasteiger partial charge in [-0.15, -0.1) is 13.2 Å². The Kier molecular flexibility index (Phi) is 3.22. The summed E-state index contributed by atoms with van der Waals surface area (Å²) in [6.45, 7) is 9.00. The highest BCUT2D eigenvalue weighted by Gasteiger charge is 2.28. The van der Waals surface area contributed by atoms with Crippen LogP contribution in [-0.4, -0.2) is 11.3 Å². The molecule has 0 aliphatic heterocycles. The van der Waals surface area contributed by atoms with E-state index in [1.165, 1.54) is 12.2 Å². The predicted octanol–water partition coefficient (Wildman–Crippen LogP) is 2.25. The van der Waals surface area contributed by atoms with E-state index in [4.69, 9.17) is 5.73 Å². The van der Waals surface area contributed by atoms with Crippen molar-refractivity contribution in [3.63, 3.8) is 0 Å². The standard InChI is InChI=1S/C13H15NO/c1-4-13(14,5-2)12(15)11-9-7-6-8-10(11)3/h4-9H,1-2,14H2,3H3. The average molecular weight is 201 g/mol. The zero-order valence-corrected chi connectivity index (χ0v) is 8.86. The van der Waals surface area contributed by atoms with Gasteiger partial charge in [-0.1, -0.05) is 36.4 Å². The summed E-state index contributed by atoms with van der Waals surface area (Å²) in [7, 11) is 0. The first-order valence-electron chi connectivity index (χ1n) is 4.71. The van der Waals surface area contributed by atoms with E-state index in [1.54, 1.807) is 6.07 Å². The van der Waals surface area contributed by atoms with E-state index >= 15 is 0 Å². The van der Waals surface area contributed by atoms with Crippen molar-refractivity contribution in [1.82, 2.24) is 0 Å². The number of hydrogen-bond donors (Lipinski definition) is 1. The predicted molar refractivity (Wildman–Crippen MR) is 62.8 cm³/mol. The molecule has 0 aromatic heterocycles. The molecule has 0 unspecified atom stereocenters. The van der Waals surface area contributed by atoms with Crippen molar-refractivity contribution in [3.8, 4) is 0 Å². The van der Waals surface area contributed by atoms with Gasteiger partial charge in [0.1, 0.15) is 5.54 Å². The fraction of sp³-hybridized carbons (Fsp3) is 0.154. The molecule has 0 saturated heterocycles. The Labute approximate surface area is 90.1 Å². The van der Waals surface area contributed by atoms with Crippen LogP contribution in [0.5, 0.6) is 0 Å². The van der Waals surface area contributed by atoms with E-state index in [1.807, 2.05) is 25.1 Å². The molecule has 0 fully saturated rings. The van der Waals surface area contributed by atoms with Crippen LogP contribution in [0, 0.1) is 6.92 Å². The van der Waals surface area contributed by atoms with Crippen LogP contribution >= 0.6 is 0 Å². The zero-order valence-electron chi connectivity index (χ0n) is 8.86. The van der Waals surface area contributed by atoms with Gasteiger partial charge < -0.3 is 5.73 Å². The third-order valence-electron chi connectivity index (χ3n) is 2.46. The number of benzene rings is 1. The average Bonchev–Trinajstić information content (AvgIpc) is 2.28. The molecule has 1 aromatic carbocycles. The summed E-state index contributed by atoms with van der Waals surface area (Å²) >= 11 is 0. The fourth-order valence-electron chi connectivity index (χ4n) is 1.33. The van der Waals surface area contributed by atoms with Gasteiger partial charge >= 0.3 is 0 Å². The highest BCUT2D eigenvalue weighted by atomic mass is 16.1. The SMILES string of the molecule is C=CC(N)(C=C)C(=O)c1ccccc1C. The summed E-state index contributed by atoms with van der Waals surface area (Å²) in [4.78, 5) is 12.1. The molecule has 0 aliphatic rings. The first-order valence-corrected chi connectivity index (χ1v) is 4.71. The Morgan fingerprint density at radius 3 is 2.33 bits per heavy atom. The Balaban J connectivity index is 3.20. The van der Waals surface area contributed by atoms with Crippen molar-refractivity contribution in [1.29, 1.82) is 0 Å². The molecule has 2 heteroatoms. The summed E-state index contributed by atoms with van der Waals surface area (Å²) in [5, 5.41) is 0. The van der Waals surface area contributed by atoms with Crippen LogP contribution in [0.25, 0.3) is 0 Å². The summed E-state index contributed by atoms with van der Waals surface area (Å²) in [6, 6.07) is 7.32. The maximum absolute atomic E-state index is 12.1. The lowest BCUT2D eigenvalue weighted by molar-refractivity contribution is 0.0946. The van der Waals surface area contributed by atoms with Crippen molar-refractivity contribution in [2.24, 2.45) is 5.73 Å². The van der Waals surface area contributed by atoms with E-state index < -0.39 is 5.54 Å². The summed E-state index contributed by atoms with van der Waals surface area (Å²) in [5.74, 6) is -0.175. The summed E-state index contributed by atoms with van der Waals surface area (Å²) < 4.78 is 0. The minimum Gasteiger partial charge on any atom is -0.312 e. The van der Waals surface area contributed by atoms with Crippen LogP contribution in [0.2, 0.25) is 0 Å². The molecule has 15 heavy (non-hydrogen) atoms. The van der Waals surface area contributed by atoms with Crippen molar-refractivity contribution in [2.45, 2.75) is 12.5 Å². The Hall–Kier alpha value is -1.67. The van der Waals surface area contributed by atoms with Gasteiger partial charge in [-0.2, -0.15) is 0 Å². The van der Waals surface area contributed by atoms with Crippen molar-refractivity contribution in [2.75, 3.05) is 0 Å². The maximum atomic E-state index is 12.1. The van der Waals surface area contributed by atoms with Crippen molar-refractivity contribution < 1.29 is 4.79 Å². The Morgan fingerprint density at radius 2 is 1.87 bits per heavy atom. The first-order chi connectivity index (χ1) is 7.05. The maximum Gasteiger partial charge on any atom is 0.190 e. The molecule has 0 saturated carbocycles. The molecule has 0 aliphatic carbocycles. The number of aryl methyl sites for hydroxylation is 1. The zero-order chi connectivity index (χ0) is 11.5. The van der Waals surface area contributed by atoms with E-state index in [9.17, 15) is 4.79 Å². The van der Waals surface area contributed by atoms with E-state index in [0.717, 1.165) is 5.56 Å². The number of carbonyl (C=O) groups is 1. The van der Waals surface area contributed by atoms with Gasteiger partial charge in [-0.25, -0.2) is 0 Å². The lowest BCUT2D eigenvalue weighted by Gasteiger charge is -2.20. The summed E-state index contributed by atoms with van der Waals surface area (Å²) in [6.07, 6.45) is 2.82. The second kappa shape index (κ2) is 4.24. The van der Waals surface area contributed by atoms with Crippen LogP contribution in [0.15, 0.2) is 49.6 Å². The number of Topliss-reactive ketones (excluding diaryl/α,β-unsaturated/α-hetero) is 1. The van der Waals surface area contributed by atoms with Gasteiger partial charge in [0, 0.05) is 5.56 Å². The van der Waals surface area contributed by atoms with Gasteiger partial charge in [0.2, 0.25) is 0 Å². The third-order valence-corrected chi connectivity index (χ3v) is 2.46. The smallest absolute Gasteiger partial charge is 0.190 e. The van der Waals surface area contributed by atoms with Gasteiger partial charge in [-0.3, -0.25) is 4.79 Å². The van der Waals surface area contributed by atoms with Gasteiger partial charge in [-0.05, 0) is 12.5 Å². The van der Waals surface area contributed by atoms with Crippen molar-refractivity contribution in [3.05, 3.63) is 60.7 Å². The highest BCUT2D eigenvalue weighted by Crippen LogP contribution is 2.16. The lowest BCUT2D eigenvalue weighted by atomic mass is 9.88. The van der Waals surface area contributed by atoms with Gasteiger partial charge in [0.05, 0.1) is 0 Å². The normalized spacial score (nSPS) is 10.8. The monoisotopic (exact) mass is 201 g/mol. The number of nitrogens with two attached hydrogens (primary N) is 1. The molecule has 1 aromatic rings. The molecular formula is C13H15NO. The molecule has 2 N–H and O–H groups in total. The van der Waals surface area contributed by atoms with Gasteiger partial charge in [0.25, 0.3) is 0 Å². The number of ketones is 1. The molecule has 0 radical (unpaired) electrons. The molecule has 2 nitrogen and oxygen atoms in total. The van der Waals surface area contributed by atoms with E-state index in [2.05, 4.69) is 13.2 Å². The molecule has 0 amide bonds. The first kappa shape index (κ1) is 11.4. The minimum absolute atomic E-state index is 0.175. The topological polar surface area (TPSA) is 43.1 Å². The second-order valence-corrected chi connectivity index (χ2v) is 3.49. The molecule has 0 spiro atoms. The highest BCUT2D eigenvalue weighted by molar-refractivity contribution is 6.06. The number of carbonyl (C=O) groups excluding carboxylic acids is 1. The third kappa shape index (κ3) is 2.05. The van der Waals surface area contributed by atoms with E-state index in [0.29, 0.717) is 5.56 Å². The molecule has 0 heterocycles. The minimum atomic E-state index is -1.17. The number of hydrogen-bond acceptors (Lipinski definition) is 2. The van der Waals surface area contributed by atoms with Crippen LogP contribution < -0.4 is 5.73 Å².